The van der Waals surface area contributed by atoms with E-state index < -0.39 is 29.6 Å². The molecule has 2 aromatic carbocycles. The van der Waals surface area contributed by atoms with Crippen LogP contribution in [0.3, 0.4) is 0 Å². The molecule has 6 nitrogen and oxygen atoms in total. The van der Waals surface area contributed by atoms with Crippen LogP contribution in [-0.4, -0.2) is 23.8 Å². The highest BCUT2D eigenvalue weighted by Gasteiger charge is 2.17. The molecule has 3 amide bonds. The van der Waals surface area contributed by atoms with Gasteiger partial charge in [0, 0.05) is 16.1 Å². The summed E-state index contributed by atoms with van der Waals surface area (Å²) in [6.07, 6.45) is 0. The summed E-state index contributed by atoms with van der Waals surface area (Å²) >= 11 is 5.75. The number of halogens is 2. The van der Waals surface area contributed by atoms with Gasteiger partial charge in [0.25, 0.3) is 17.7 Å². The lowest BCUT2D eigenvalue weighted by Gasteiger charge is -2.14. The minimum absolute atomic E-state index is 0.180. The van der Waals surface area contributed by atoms with Gasteiger partial charge < -0.3 is 5.32 Å². The molecule has 0 aliphatic rings. The van der Waals surface area contributed by atoms with E-state index in [2.05, 4.69) is 16.2 Å². The van der Waals surface area contributed by atoms with Crippen LogP contribution in [-0.2, 0) is 4.79 Å². The van der Waals surface area contributed by atoms with Crippen molar-refractivity contribution in [1.82, 2.24) is 16.2 Å². The van der Waals surface area contributed by atoms with Crippen LogP contribution in [0.2, 0.25) is 5.02 Å². The molecule has 0 spiro atoms. The average molecular weight is 364 g/mol. The number of amides is 3. The minimum Gasteiger partial charge on any atom is -0.340 e. The van der Waals surface area contributed by atoms with Gasteiger partial charge in [-0.2, -0.15) is 0 Å². The van der Waals surface area contributed by atoms with Crippen LogP contribution >= 0.6 is 11.6 Å². The van der Waals surface area contributed by atoms with E-state index in [9.17, 15) is 18.8 Å². The Morgan fingerprint density at radius 2 is 1.40 bits per heavy atom. The number of nitrogens with one attached hydrogen (secondary N) is 3. The van der Waals surface area contributed by atoms with Crippen molar-refractivity contribution in [2.45, 2.75) is 13.0 Å². The normalized spacial score (nSPS) is 11.3. The van der Waals surface area contributed by atoms with Crippen molar-refractivity contribution in [1.29, 1.82) is 0 Å². The van der Waals surface area contributed by atoms with E-state index in [4.69, 9.17) is 11.6 Å². The molecule has 1 unspecified atom stereocenters. The van der Waals surface area contributed by atoms with Crippen molar-refractivity contribution >= 4 is 29.3 Å². The molecule has 130 valence electrons. The van der Waals surface area contributed by atoms with Crippen molar-refractivity contribution in [3.05, 3.63) is 70.5 Å². The number of hydrogen-bond acceptors (Lipinski definition) is 3. The molecule has 2 rings (SSSR count). The molecule has 0 fully saturated rings. The van der Waals surface area contributed by atoms with Gasteiger partial charge in [0.1, 0.15) is 11.9 Å². The van der Waals surface area contributed by atoms with Gasteiger partial charge >= 0.3 is 0 Å². The molecule has 0 aliphatic heterocycles. The van der Waals surface area contributed by atoms with E-state index in [0.717, 1.165) is 12.1 Å². The predicted molar refractivity (Wildman–Crippen MR) is 90.4 cm³/mol. The van der Waals surface area contributed by atoms with Gasteiger partial charge in [-0.3, -0.25) is 25.2 Å². The third-order valence-electron chi connectivity index (χ3n) is 3.25. The van der Waals surface area contributed by atoms with Crippen molar-refractivity contribution in [2.24, 2.45) is 0 Å². The predicted octanol–water partition coefficient (Wildman–Crippen LogP) is 2.06. The van der Waals surface area contributed by atoms with Crippen molar-refractivity contribution in [3.8, 4) is 0 Å². The van der Waals surface area contributed by atoms with Crippen molar-refractivity contribution < 1.29 is 18.8 Å². The lowest BCUT2D eigenvalue weighted by molar-refractivity contribution is -0.123. The van der Waals surface area contributed by atoms with Crippen LogP contribution in [0.1, 0.15) is 27.6 Å². The van der Waals surface area contributed by atoms with E-state index in [1.807, 2.05) is 0 Å². The molecule has 0 aliphatic carbocycles. The topological polar surface area (TPSA) is 87.3 Å². The van der Waals surface area contributed by atoms with Gasteiger partial charge in [-0.1, -0.05) is 11.6 Å². The first kappa shape index (κ1) is 18.4. The summed E-state index contributed by atoms with van der Waals surface area (Å²) in [6, 6.07) is 10.1. The van der Waals surface area contributed by atoms with E-state index in [0.29, 0.717) is 10.6 Å². The van der Waals surface area contributed by atoms with Gasteiger partial charge in [-0.15, -0.1) is 0 Å². The second kappa shape index (κ2) is 8.25. The van der Waals surface area contributed by atoms with E-state index in [1.54, 1.807) is 12.1 Å². The van der Waals surface area contributed by atoms with Crippen LogP contribution in [0.5, 0.6) is 0 Å². The Morgan fingerprint density at radius 3 is 2.00 bits per heavy atom. The van der Waals surface area contributed by atoms with Crippen molar-refractivity contribution in [3.63, 3.8) is 0 Å². The highest BCUT2D eigenvalue weighted by Crippen LogP contribution is 2.09. The molecular weight excluding hydrogens is 349 g/mol. The molecule has 0 saturated carbocycles. The standard InChI is InChI=1S/C17H15ClFN3O3/c1-10(20-16(24)11-2-6-13(18)7-3-11)15(23)21-22-17(25)12-4-8-14(19)9-5-12/h2-10H,1H3,(H,20,24)(H,21,23)(H,22,25). The molecular formula is C17H15ClFN3O3. The van der Waals surface area contributed by atoms with Crippen LogP contribution in [0.15, 0.2) is 48.5 Å². The smallest absolute Gasteiger partial charge is 0.269 e. The number of carbonyl (C=O) groups excluding carboxylic acids is 3. The molecule has 3 N–H and O–H groups in total. The molecule has 1 atom stereocenters. The molecule has 0 aromatic heterocycles. The fourth-order valence-electron chi connectivity index (χ4n) is 1.85. The van der Waals surface area contributed by atoms with Crippen LogP contribution in [0.4, 0.5) is 4.39 Å². The zero-order chi connectivity index (χ0) is 18.4. The molecule has 2 aromatic rings. The van der Waals surface area contributed by atoms with Gasteiger partial charge in [0.05, 0.1) is 0 Å². The monoisotopic (exact) mass is 363 g/mol. The fourth-order valence-corrected chi connectivity index (χ4v) is 1.97. The highest BCUT2D eigenvalue weighted by molar-refractivity contribution is 6.30. The van der Waals surface area contributed by atoms with Crippen LogP contribution < -0.4 is 16.2 Å². The number of hydrazine groups is 1. The second-order valence-corrected chi connectivity index (χ2v) is 5.59. The zero-order valence-corrected chi connectivity index (χ0v) is 13.9. The molecule has 8 heteroatoms. The summed E-state index contributed by atoms with van der Waals surface area (Å²) in [5, 5.41) is 2.98. The summed E-state index contributed by atoms with van der Waals surface area (Å²) in [7, 11) is 0. The summed E-state index contributed by atoms with van der Waals surface area (Å²) < 4.78 is 12.8. The summed E-state index contributed by atoms with van der Waals surface area (Å²) in [6.45, 7) is 1.47. The zero-order valence-electron chi connectivity index (χ0n) is 13.2. The van der Waals surface area contributed by atoms with E-state index >= 15 is 0 Å². The first-order chi connectivity index (χ1) is 11.9. The Morgan fingerprint density at radius 1 is 0.880 bits per heavy atom. The lowest BCUT2D eigenvalue weighted by Crippen LogP contribution is -2.51. The van der Waals surface area contributed by atoms with E-state index in [-0.39, 0.29) is 5.56 Å². The maximum atomic E-state index is 12.8. The number of benzene rings is 2. The van der Waals surface area contributed by atoms with Gasteiger partial charge in [0.2, 0.25) is 0 Å². The second-order valence-electron chi connectivity index (χ2n) is 5.15. The van der Waals surface area contributed by atoms with Gasteiger partial charge in [-0.05, 0) is 55.5 Å². The Hall–Kier alpha value is -2.93. The maximum absolute atomic E-state index is 12.8. The lowest BCUT2D eigenvalue weighted by atomic mass is 10.2. The molecule has 0 radical (unpaired) electrons. The number of rotatable bonds is 4. The number of carbonyl (C=O) groups is 3. The first-order valence-corrected chi connectivity index (χ1v) is 7.67. The Kier molecular flexibility index (Phi) is 6.08. The average Bonchev–Trinajstić information content (AvgIpc) is 2.60. The Bertz CT molecular complexity index is 779. The molecule has 0 heterocycles. The van der Waals surface area contributed by atoms with Crippen LogP contribution in [0, 0.1) is 5.82 Å². The quantitative estimate of drug-likeness (QED) is 0.727. The Labute approximate surface area is 148 Å². The van der Waals surface area contributed by atoms with Crippen molar-refractivity contribution in [2.75, 3.05) is 0 Å². The highest BCUT2D eigenvalue weighted by atomic mass is 35.5. The summed E-state index contributed by atoms with van der Waals surface area (Å²) in [5.74, 6) is -2.15. The van der Waals surface area contributed by atoms with E-state index in [1.165, 1.54) is 31.2 Å². The first-order valence-electron chi connectivity index (χ1n) is 7.29. The third kappa shape index (κ3) is 5.29. The van der Waals surface area contributed by atoms with Gasteiger partial charge in [0.15, 0.2) is 0 Å². The maximum Gasteiger partial charge on any atom is 0.269 e. The Balaban J connectivity index is 1.85. The molecule has 25 heavy (non-hydrogen) atoms. The minimum atomic E-state index is -0.892. The molecule has 0 saturated heterocycles. The number of hydrogen-bond donors (Lipinski definition) is 3. The summed E-state index contributed by atoms with van der Waals surface area (Å²) in [4.78, 5) is 35.7. The van der Waals surface area contributed by atoms with Gasteiger partial charge in [-0.25, -0.2) is 4.39 Å². The molecule has 0 bridgehead atoms. The third-order valence-corrected chi connectivity index (χ3v) is 3.50. The fraction of sp³-hybridized carbons (Fsp3) is 0.118. The largest absolute Gasteiger partial charge is 0.340 e. The van der Waals surface area contributed by atoms with Crippen LogP contribution in [0.25, 0.3) is 0 Å². The summed E-state index contributed by atoms with van der Waals surface area (Å²) in [5.41, 5.74) is 4.91. The SMILES string of the molecule is CC(NC(=O)c1ccc(Cl)cc1)C(=O)NNC(=O)c1ccc(F)cc1.